The summed E-state index contributed by atoms with van der Waals surface area (Å²) in [5.41, 5.74) is 1.69. The number of ether oxygens (including phenoxy) is 1. The molecule has 2 N–H and O–H groups in total. The second kappa shape index (κ2) is 10.9. The summed E-state index contributed by atoms with van der Waals surface area (Å²) in [7, 11) is 2.92. The summed E-state index contributed by atoms with van der Waals surface area (Å²) in [6.07, 6.45) is 1.70. The van der Waals surface area contributed by atoms with Gasteiger partial charge in [-0.15, -0.1) is 0 Å². The van der Waals surface area contributed by atoms with Gasteiger partial charge < -0.3 is 19.9 Å². The lowest BCUT2D eigenvalue weighted by molar-refractivity contribution is 0.0958. The molecule has 1 saturated heterocycles. The summed E-state index contributed by atoms with van der Waals surface area (Å²) < 4.78 is 19.9. The molecule has 3 heterocycles. The number of aromatic amines is 1. The number of pyridine rings is 1. The summed E-state index contributed by atoms with van der Waals surface area (Å²) >= 11 is 0. The van der Waals surface area contributed by atoms with Gasteiger partial charge in [0.25, 0.3) is 11.8 Å². The first-order valence-electron chi connectivity index (χ1n) is 10.9. The molecule has 1 aromatic carbocycles. The fourth-order valence-corrected chi connectivity index (χ4v) is 3.65. The topological polar surface area (TPSA) is 103 Å². The van der Waals surface area contributed by atoms with Crippen LogP contribution in [-0.4, -0.2) is 66.1 Å². The number of carbonyl (C=O) groups excluding carboxylic acids is 1. The van der Waals surface area contributed by atoms with Crippen molar-refractivity contribution in [2.24, 2.45) is 0 Å². The van der Waals surface area contributed by atoms with Crippen LogP contribution in [0.2, 0.25) is 0 Å². The summed E-state index contributed by atoms with van der Waals surface area (Å²) in [5.74, 6) is -0.779. The molecule has 3 aromatic rings. The molecule has 9 nitrogen and oxygen atoms in total. The number of piperazine rings is 1. The van der Waals surface area contributed by atoms with E-state index >= 15 is 0 Å². The van der Waals surface area contributed by atoms with E-state index in [9.17, 15) is 14.0 Å². The number of aromatic nitrogens is 3. The Morgan fingerprint density at radius 3 is 2.52 bits per heavy atom. The van der Waals surface area contributed by atoms with Crippen molar-refractivity contribution >= 4 is 22.6 Å². The molecule has 0 atom stereocenters. The van der Waals surface area contributed by atoms with Crippen LogP contribution in [0.3, 0.4) is 0 Å². The van der Waals surface area contributed by atoms with Crippen molar-refractivity contribution < 1.29 is 13.9 Å². The zero-order valence-electron chi connectivity index (χ0n) is 19.3. The van der Waals surface area contributed by atoms with Crippen LogP contribution in [0.5, 0.6) is 5.88 Å². The number of anilines is 1. The SMILES string of the molecule is CC.CNC(=O)c1ccc(N2CCN(Cc3ccc4nc(OC)c(=O)[nH]c4c3F)CC2)cn1. The van der Waals surface area contributed by atoms with Crippen LogP contribution >= 0.6 is 0 Å². The Balaban J connectivity index is 0.00000149. The number of hydrogen-bond acceptors (Lipinski definition) is 7. The predicted octanol–water partition coefficient (Wildman–Crippen LogP) is 2.17. The van der Waals surface area contributed by atoms with Crippen LogP contribution < -0.4 is 20.5 Å². The second-order valence-corrected chi connectivity index (χ2v) is 7.25. The van der Waals surface area contributed by atoms with Crippen molar-refractivity contribution in [3.8, 4) is 5.88 Å². The van der Waals surface area contributed by atoms with E-state index in [0.29, 0.717) is 23.3 Å². The highest BCUT2D eigenvalue weighted by Gasteiger charge is 2.20. The molecule has 4 rings (SSSR count). The van der Waals surface area contributed by atoms with Crippen LogP contribution in [0.15, 0.2) is 35.3 Å². The summed E-state index contributed by atoms with van der Waals surface area (Å²) in [4.78, 5) is 38.7. The third-order valence-electron chi connectivity index (χ3n) is 5.39. The third kappa shape index (κ3) is 5.28. The predicted molar refractivity (Wildman–Crippen MR) is 125 cm³/mol. The van der Waals surface area contributed by atoms with Crippen molar-refractivity contribution in [1.29, 1.82) is 0 Å². The van der Waals surface area contributed by atoms with Crippen molar-refractivity contribution in [2.45, 2.75) is 20.4 Å². The average Bonchev–Trinajstić information content (AvgIpc) is 2.87. The van der Waals surface area contributed by atoms with Gasteiger partial charge in [-0.2, -0.15) is 0 Å². The molecule has 176 valence electrons. The molecule has 1 aliphatic heterocycles. The largest absolute Gasteiger partial charge is 0.477 e. The van der Waals surface area contributed by atoms with Gasteiger partial charge in [0, 0.05) is 45.3 Å². The van der Waals surface area contributed by atoms with Crippen LogP contribution in [0.1, 0.15) is 29.9 Å². The van der Waals surface area contributed by atoms with Crippen LogP contribution in [0, 0.1) is 5.82 Å². The van der Waals surface area contributed by atoms with Crippen molar-refractivity contribution in [3.05, 3.63) is 57.9 Å². The summed E-state index contributed by atoms with van der Waals surface area (Å²) in [6.45, 7) is 7.42. The van der Waals surface area contributed by atoms with Gasteiger partial charge in [0.15, 0.2) is 5.82 Å². The number of carbonyl (C=O) groups is 1. The first-order chi connectivity index (χ1) is 16.0. The number of fused-ring (bicyclic) bond motifs is 1. The second-order valence-electron chi connectivity index (χ2n) is 7.25. The van der Waals surface area contributed by atoms with Crippen molar-refractivity contribution in [1.82, 2.24) is 25.2 Å². The number of methoxy groups -OCH3 is 1. The van der Waals surface area contributed by atoms with E-state index in [4.69, 9.17) is 4.74 Å². The minimum Gasteiger partial charge on any atom is -0.477 e. The van der Waals surface area contributed by atoms with Gasteiger partial charge in [-0.05, 0) is 18.2 Å². The van der Waals surface area contributed by atoms with Gasteiger partial charge in [0.2, 0.25) is 0 Å². The van der Waals surface area contributed by atoms with Gasteiger partial charge in [-0.25, -0.2) is 14.4 Å². The highest BCUT2D eigenvalue weighted by molar-refractivity contribution is 5.92. The maximum Gasteiger partial charge on any atom is 0.311 e. The maximum absolute atomic E-state index is 15.0. The van der Waals surface area contributed by atoms with Crippen LogP contribution in [0.4, 0.5) is 10.1 Å². The lowest BCUT2D eigenvalue weighted by Crippen LogP contribution is -2.46. The number of halogens is 1. The number of rotatable bonds is 5. The Kier molecular flexibility index (Phi) is 7.94. The van der Waals surface area contributed by atoms with Crippen molar-refractivity contribution in [2.75, 3.05) is 45.2 Å². The number of hydrogen-bond donors (Lipinski definition) is 2. The maximum atomic E-state index is 15.0. The van der Waals surface area contributed by atoms with Gasteiger partial charge in [-0.3, -0.25) is 14.5 Å². The van der Waals surface area contributed by atoms with E-state index in [1.54, 1.807) is 31.4 Å². The molecule has 33 heavy (non-hydrogen) atoms. The van der Waals surface area contributed by atoms with E-state index in [-0.39, 0.29) is 17.3 Å². The van der Waals surface area contributed by atoms with Gasteiger partial charge in [0.05, 0.1) is 24.5 Å². The van der Waals surface area contributed by atoms with E-state index in [1.807, 2.05) is 19.9 Å². The molecule has 1 aliphatic rings. The minimum atomic E-state index is -0.560. The normalized spacial score (nSPS) is 13.9. The lowest BCUT2D eigenvalue weighted by atomic mass is 10.1. The highest BCUT2D eigenvalue weighted by atomic mass is 19.1. The van der Waals surface area contributed by atoms with Crippen LogP contribution in [0.25, 0.3) is 11.0 Å². The molecule has 0 saturated carbocycles. The van der Waals surface area contributed by atoms with Gasteiger partial charge in [0.1, 0.15) is 11.2 Å². The first-order valence-corrected chi connectivity index (χ1v) is 10.9. The molecule has 0 bridgehead atoms. The van der Waals surface area contributed by atoms with Crippen molar-refractivity contribution in [3.63, 3.8) is 0 Å². The van der Waals surface area contributed by atoms with E-state index in [1.165, 1.54) is 7.11 Å². The molecular weight excluding hydrogens is 427 g/mol. The zero-order chi connectivity index (χ0) is 24.0. The third-order valence-corrected chi connectivity index (χ3v) is 5.39. The monoisotopic (exact) mass is 456 g/mol. The Labute approximate surface area is 191 Å². The van der Waals surface area contributed by atoms with E-state index in [2.05, 4.69) is 30.1 Å². The lowest BCUT2D eigenvalue weighted by Gasteiger charge is -2.36. The minimum absolute atomic E-state index is 0.0872. The highest BCUT2D eigenvalue weighted by Crippen LogP contribution is 2.21. The molecule has 2 aromatic heterocycles. The molecule has 1 fully saturated rings. The molecule has 0 radical (unpaired) electrons. The number of benzene rings is 1. The Morgan fingerprint density at radius 1 is 1.18 bits per heavy atom. The number of H-pyrrole nitrogens is 1. The standard InChI is InChI=1S/C21H23FN6O3.C2H6/c1-23-19(29)16-6-4-14(11-24-16)28-9-7-27(8-10-28)12-13-3-5-15-18(17(13)22)26-20(30)21(25-15)31-2;1-2/h3-6,11H,7-10,12H2,1-2H3,(H,23,29)(H,26,30);1-2H3. The fourth-order valence-electron chi connectivity index (χ4n) is 3.65. The number of nitrogens with zero attached hydrogens (tertiary/aromatic N) is 4. The van der Waals surface area contributed by atoms with Gasteiger partial charge in [-0.1, -0.05) is 19.9 Å². The number of nitrogens with one attached hydrogen (secondary N) is 2. The zero-order valence-corrected chi connectivity index (χ0v) is 19.3. The van der Waals surface area contributed by atoms with E-state index < -0.39 is 11.4 Å². The molecular formula is C23H29FN6O3. The van der Waals surface area contributed by atoms with E-state index in [0.717, 1.165) is 31.9 Å². The molecule has 10 heteroatoms. The Morgan fingerprint density at radius 2 is 1.91 bits per heavy atom. The Hall–Kier alpha value is -3.53. The summed E-state index contributed by atoms with van der Waals surface area (Å²) in [6, 6.07) is 6.96. The molecule has 1 amide bonds. The fraction of sp³-hybridized carbons (Fsp3) is 0.391. The Bertz CT molecular complexity index is 1160. The molecule has 0 aliphatic carbocycles. The quantitative estimate of drug-likeness (QED) is 0.607. The molecule has 0 unspecified atom stereocenters. The van der Waals surface area contributed by atoms with Gasteiger partial charge >= 0.3 is 5.56 Å². The first kappa shape index (κ1) is 24.1. The smallest absolute Gasteiger partial charge is 0.311 e. The summed E-state index contributed by atoms with van der Waals surface area (Å²) in [5, 5.41) is 2.55. The van der Waals surface area contributed by atoms with Crippen LogP contribution in [-0.2, 0) is 6.54 Å². The number of amides is 1. The average molecular weight is 457 g/mol. The molecule has 0 spiro atoms.